The minimum absolute atomic E-state index is 0. The van der Waals surface area contributed by atoms with E-state index in [2.05, 4.69) is 147 Å². The fourth-order valence-corrected chi connectivity index (χ4v) is 16.4. The van der Waals surface area contributed by atoms with E-state index in [4.69, 9.17) is 86.6 Å². The van der Waals surface area contributed by atoms with Gasteiger partial charge in [-0.2, -0.15) is 0 Å². The predicted octanol–water partition coefficient (Wildman–Crippen LogP) is 8.61. The molecule has 686 valence electrons. The van der Waals surface area contributed by atoms with Crippen molar-refractivity contribution in [1.29, 1.82) is 0 Å². The summed E-state index contributed by atoms with van der Waals surface area (Å²) in [5.74, 6) is 2.90. The Morgan fingerprint density at radius 1 is 0.323 bits per heavy atom. The van der Waals surface area contributed by atoms with E-state index in [1.54, 1.807) is 12.1 Å². The van der Waals surface area contributed by atoms with Crippen molar-refractivity contribution in [3.63, 3.8) is 0 Å². The number of hydrogen-bond acceptors (Lipinski definition) is 22. The second-order valence-corrected chi connectivity index (χ2v) is 30.5. The maximum absolute atomic E-state index is 13.4. The number of halogens is 2. The van der Waals surface area contributed by atoms with Crippen molar-refractivity contribution in [3.8, 4) is 90.5 Å². The van der Waals surface area contributed by atoms with Gasteiger partial charge in [0.2, 0.25) is 10.7 Å². The van der Waals surface area contributed by atoms with E-state index < -0.39 is 11.9 Å². The van der Waals surface area contributed by atoms with E-state index >= 15 is 0 Å². The third-order valence-electron chi connectivity index (χ3n) is 22.9. The summed E-state index contributed by atoms with van der Waals surface area (Å²) in [7, 11) is 0. The first kappa shape index (κ1) is 99.5. The Morgan fingerprint density at radius 2 is 0.609 bits per heavy atom. The van der Waals surface area contributed by atoms with Gasteiger partial charge in [0.1, 0.15) is 62.1 Å². The number of esters is 2. The van der Waals surface area contributed by atoms with Crippen LogP contribution in [-0.4, -0.2) is 211 Å². The standard InChI is InChI=1S/2C36H46N2O7.C32H16N8.2ClH.Si/c2*1-5-37(6-2)27-13-15-31-33(25-27)45-34-26-28(38(7-3)8-4)14-16-32(34)35(31)29-11-9-10-12-30(29)36(40)44-24-23-43-22-21-42-20-19-41-18-17-39;1-2-10-18-17(9-1)25-33-26(18)38-28-21-13-5-6-14-22(21)30(35-28)40-32-24-16-8-7-15-23(24)31(36-32)39-29-20-12-4-3-11-19(20)27(34-29)37-25;;;/h2*9-16,25-26H,5-8,17-24H2,1-4H3;1-16H;2*1H;/q;;-2;;;+4/p-2. The van der Waals surface area contributed by atoms with Gasteiger partial charge in [-0.3, -0.25) is 0 Å². The molecular formula is C104H108Cl2N12O14Si. The van der Waals surface area contributed by atoms with Crippen molar-refractivity contribution in [1.82, 2.24) is 49.0 Å². The Bertz CT molecular complexity index is 6190. The summed E-state index contributed by atoms with van der Waals surface area (Å²) in [5, 5.41) is 28.4. The molecule has 8 aromatic carbocycles. The molecule has 8 bridgehead atoms. The molecule has 4 aliphatic heterocycles. The molecule has 29 heteroatoms. The van der Waals surface area contributed by atoms with Crippen molar-refractivity contribution in [2.75, 3.05) is 168 Å². The maximum Gasteiger partial charge on any atom is 4.00 e. The summed E-state index contributed by atoms with van der Waals surface area (Å²) in [6, 6.07) is 72.2. The second-order valence-electron chi connectivity index (χ2n) is 30.5. The Kier molecular flexibility index (Phi) is 36.5. The molecule has 0 atom stereocenters. The molecule has 26 nitrogen and oxygen atoms in total. The third-order valence-corrected chi connectivity index (χ3v) is 22.9. The minimum Gasteiger partial charge on any atom is -1.00 e. The van der Waals surface area contributed by atoms with Gasteiger partial charge in [0.15, 0.2) is 0 Å². The summed E-state index contributed by atoms with van der Waals surface area (Å²) < 4.78 is 61.2. The van der Waals surface area contributed by atoms with E-state index in [1.165, 1.54) is 0 Å². The van der Waals surface area contributed by atoms with E-state index in [0.717, 1.165) is 185 Å². The predicted molar refractivity (Wildman–Crippen MR) is 511 cm³/mol. The number of benzene rings is 10. The Morgan fingerprint density at radius 3 is 0.910 bits per heavy atom. The van der Waals surface area contributed by atoms with Crippen LogP contribution in [0.2, 0.25) is 0 Å². The molecule has 0 radical (unpaired) electrons. The summed E-state index contributed by atoms with van der Waals surface area (Å²) >= 11 is 0. The number of rotatable bonds is 36. The van der Waals surface area contributed by atoms with Gasteiger partial charge in [-0.1, -0.05) is 133 Å². The first-order valence-electron chi connectivity index (χ1n) is 44.8. The molecule has 3 aromatic heterocycles. The van der Waals surface area contributed by atoms with Crippen LogP contribution in [0.5, 0.6) is 0 Å². The van der Waals surface area contributed by atoms with Gasteiger partial charge in [-0.25, -0.2) is 28.7 Å². The third kappa shape index (κ3) is 23.1. The van der Waals surface area contributed by atoms with Gasteiger partial charge in [0.05, 0.1) is 113 Å². The molecular weight excluding hydrogens is 1740 g/mol. The number of aromatic nitrogens is 8. The van der Waals surface area contributed by atoms with E-state index in [-0.39, 0.29) is 88.6 Å². The van der Waals surface area contributed by atoms with Crippen molar-refractivity contribution in [2.24, 2.45) is 0 Å². The molecule has 17 rings (SSSR count). The molecule has 2 aliphatic carbocycles. The van der Waals surface area contributed by atoms with Crippen LogP contribution in [0.25, 0.3) is 157 Å². The Hall–Kier alpha value is -12.5. The normalized spacial score (nSPS) is 11.3. The van der Waals surface area contributed by atoms with Crippen LogP contribution in [0.3, 0.4) is 0 Å². The molecule has 0 unspecified atom stereocenters. The maximum atomic E-state index is 13.4. The van der Waals surface area contributed by atoms with Crippen LogP contribution < -0.4 is 74.7 Å². The molecule has 0 amide bonds. The van der Waals surface area contributed by atoms with Gasteiger partial charge in [0, 0.05) is 153 Å². The van der Waals surface area contributed by atoms with Crippen molar-refractivity contribution >= 4 is 100 Å². The molecule has 133 heavy (non-hydrogen) atoms. The summed E-state index contributed by atoms with van der Waals surface area (Å²) in [6.45, 7) is 27.9. The average molecular weight is 1850 g/mol. The number of hydrogen-bond donors (Lipinski definition) is 0. The zero-order valence-electron chi connectivity index (χ0n) is 76.1. The molecule has 7 heterocycles. The first-order chi connectivity index (χ1) is 63.9. The number of anilines is 2. The molecule has 0 N–H and O–H groups in total. The van der Waals surface area contributed by atoms with Gasteiger partial charge in [-0.15, -0.1) is 13.2 Å². The van der Waals surface area contributed by atoms with E-state index in [0.29, 0.717) is 110 Å². The van der Waals surface area contributed by atoms with E-state index in [1.807, 2.05) is 133 Å². The summed E-state index contributed by atoms with van der Waals surface area (Å²) in [4.78, 5) is 70.7. The second kappa shape index (κ2) is 48.8. The van der Waals surface area contributed by atoms with Gasteiger partial charge in [0.25, 0.3) is 0 Å². The number of carbonyl (C=O) groups excluding carboxylic acids is 2. The van der Waals surface area contributed by atoms with Crippen LogP contribution in [0.4, 0.5) is 11.4 Å². The average Bonchev–Trinajstić information content (AvgIpc) is 1.72. The van der Waals surface area contributed by atoms with Crippen molar-refractivity contribution < 1.29 is 91.3 Å². The van der Waals surface area contributed by atoms with Crippen LogP contribution in [0.1, 0.15) is 76.1 Å². The fourth-order valence-electron chi connectivity index (χ4n) is 16.4. The first-order valence-corrected chi connectivity index (χ1v) is 44.8. The Labute approximate surface area is 789 Å². The number of carbonyl (C=O) groups is 2. The van der Waals surface area contributed by atoms with E-state index in [9.17, 15) is 19.8 Å². The minimum atomic E-state index is -0.414. The van der Waals surface area contributed by atoms with Crippen molar-refractivity contribution in [3.05, 3.63) is 240 Å². The fraction of sp³-hybridized carbons (Fsp3) is 0.308. The number of ether oxygens (including phenoxy) is 8. The van der Waals surface area contributed by atoms with Crippen LogP contribution in [0, 0.1) is 0 Å². The smallest absolute Gasteiger partial charge is 1.00 e. The van der Waals surface area contributed by atoms with Crippen LogP contribution in [-0.2, 0) is 37.9 Å². The molecule has 0 saturated carbocycles. The molecule has 0 spiro atoms. The molecule has 0 saturated heterocycles. The molecule has 0 fully saturated rings. The monoisotopic (exact) mass is 1850 g/mol. The van der Waals surface area contributed by atoms with Crippen molar-refractivity contribution in [2.45, 2.75) is 55.4 Å². The topological polar surface area (TPSA) is 298 Å². The zero-order chi connectivity index (χ0) is 90.2. The quantitative estimate of drug-likeness (QED) is 0.0117. The van der Waals surface area contributed by atoms with Gasteiger partial charge in [-0.05, 0) is 137 Å². The molecule has 6 aliphatic rings. The Balaban J connectivity index is 0.000000178. The van der Waals surface area contributed by atoms with Gasteiger partial charge < -0.3 is 121 Å². The SMILES string of the molecule is CCN(CC)c1ccc2c(-c3ccccc3C(=O)OCCOCCOCCOCC[O-])c3ccc(=[N+](CC)CC)cc-3oc2c1.CCN(CC)c1ccc2c(-c3ccccc3C(=O)OCCOCCOCCOCC[O-])c3ccc(=[N+](CC)CC)cc-3oc2c1.[Cl-].[Cl-].[Si+4].c1ccc2c(c1)-c1nc-2nc2[n-]c(nc3nc(nc4[n-]c(n1)c1ccccc41)-c1ccccc1-3)c1ccccc21. The number of nitrogens with zero attached hydrogens (tertiary/aromatic N) is 12. The van der Waals surface area contributed by atoms with Crippen LogP contribution >= 0.6 is 0 Å². The number of fused-ring (bicyclic) bond motifs is 24. The summed E-state index contributed by atoms with van der Waals surface area (Å²) in [5.41, 5.74) is 15.7. The van der Waals surface area contributed by atoms with Gasteiger partial charge >= 0.3 is 22.9 Å². The summed E-state index contributed by atoms with van der Waals surface area (Å²) in [6.07, 6.45) is 0. The molecule has 11 aromatic rings. The largest absolute Gasteiger partial charge is 4.00 e. The van der Waals surface area contributed by atoms with Crippen LogP contribution in [0.15, 0.2) is 227 Å². The zero-order valence-corrected chi connectivity index (χ0v) is 78.6.